The van der Waals surface area contributed by atoms with Crippen molar-refractivity contribution < 1.29 is 9.50 Å². The number of nitrogens with one attached hydrogen (secondary N) is 1. The summed E-state index contributed by atoms with van der Waals surface area (Å²) in [7, 11) is 3.84. The number of aliphatic hydroxyl groups is 1. The van der Waals surface area contributed by atoms with Crippen LogP contribution in [0.2, 0.25) is 0 Å². The average molecular weight is 305 g/mol. The van der Waals surface area contributed by atoms with E-state index in [1.165, 1.54) is 12.1 Å². The highest BCUT2D eigenvalue weighted by Crippen LogP contribution is 2.23. The summed E-state index contributed by atoms with van der Waals surface area (Å²) in [6.07, 6.45) is 1.21. The van der Waals surface area contributed by atoms with Gasteiger partial charge in [-0.1, -0.05) is 17.3 Å². The number of aromatic nitrogens is 3. The smallest absolute Gasteiger partial charge is 0.123 e. The highest BCUT2D eigenvalue weighted by Gasteiger charge is 2.35. The third kappa shape index (κ3) is 2.87. The summed E-state index contributed by atoms with van der Waals surface area (Å²) in [6, 6.07) is 6.04. The molecule has 6 nitrogen and oxygen atoms in total. The number of hydrogen-bond donors (Lipinski definition) is 2. The molecule has 1 aliphatic heterocycles. The maximum atomic E-state index is 13.3. The van der Waals surface area contributed by atoms with Gasteiger partial charge in [0.1, 0.15) is 11.5 Å². The van der Waals surface area contributed by atoms with Crippen molar-refractivity contribution in [3.63, 3.8) is 0 Å². The van der Waals surface area contributed by atoms with E-state index >= 15 is 0 Å². The van der Waals surface area contributed by atoms with Gasteiger partial charge in [0, 0.05) is 24.7 Å². The van der Waals surface area contributed by atoms with Gasteiger partial charge in [0.2, 0.25) is 0 Å². The molecular weight excluding hydrogens is 285 g/mol. The molecule has 2 aromatic rings. The molecule has 0 spiro atoms. The molecule has 0 unspecified atom stereocenters. The molecule has 7 heteroatoms. The molecule has 0 bridgehead atoms. The number of rotatable bonds is 3. The van der Waals surface area contributed by atoms with Crippen LogP contribution in [-0.4, -0.2) is 64.3 Å². The Morgan fingerprint density at radius 2 is 2.18 bits per heavy atom. The zero-order valence-electron chi connectivity index (χ0n) is 12.6. The second-order valence-electron chi connectivity index (χ2n) is 5.77. The lowest BCUT2D eigenvalue weighted by atomic mass is 9.98. The van der Waals surface area contributed by atoms with E-state index in [0.717, 1.165) is 6.54 Å². The quantitative estimate of drug-likeness (QED) is 0.865. The van der Waals surface area contributed by atoms with Crippen molar-refractivity contribution in [2.75, 3.05) is 27.2 Å². The van der Waals surface area contributed by atoms with E-state index in [9.17, 15) is 9.50 Å². The molecule has 0 radical (unpaired) electrons. The van der Waals surface area contributed by atoms with Crippen LogP contribution in [0.4, 0.5) is 4.39 Å². The number of hydrogen-bond acceptors (Lipinski definition) is 5. The third-order valence-corrected chi connectivity index (χ3v) is 4.15. The van der Waals surface area contributed by atoms with Crippen LogP contribution in [0, 0.1) is 5.82 Å². The summed E-state index contributed by atoms with van der Waals surface area (Å²) in [5, 5.41) is 21.9. The molecule has 22 heavy (non-hydrogen) atoms. The Labute approximate surface area is 128 Å². The largest absolute Gasteiger partial charge is 0.389 e. The van der Waals surface area contributed by atoms with E-state index in [1.807, 2.05) is 14.1 Å². The number of nitrogens with zero attached hydrogens (tertiary/aromatic N) is 4. The fourth-order valence-electron chi connectivity index (χ4n) is 2.93. The summed E-state index contributed by atoms with van der Waals surface area (Å²) in [4.78, 5) is 2.14. The lowest BCUT2D eigenvalue weighted by Crippen LogP contribution is -2.56. The Morgan fingerprint density at radius 3 is 2.91 bits per heavy atom. The Morgan fingerprint density at radius 1 is 1.36 bits per heavy atom. The van der Waals surface area contributed by atoms with Gasteiger partial charge in [0.05, 0.1) is 18.3 Å². The van der Waals surface area contributed by atoms with Crippen LogP contribution in [0.1, 0.15) is 6.04 Å². The highest BCUT2D eigenvalue weighted by atomic mass is 19.1. The van der Waals surface area contributed by atoms with E-state index < -0.39 is 6.10 Å². The maximum Gasteiger partial charge on any atom is 0.123 e. The first-order valence-corrected chi connectivity index (χ1v) is 7.30. The van der Waals surface area contributed by atoms with Crippen LogP contribution >= 0.6 is 0 Å². The Hall–Kier alpha value is -1.83. The molecule has 1 aromatic heterocycles. The van der Waals surface area contributed by atoms with Gasteiger partial charge in [-0.3, -0.25) is 0 Å². The van der Waals surface area contributed by atoms with Gasteiger partial charge in [0.25, 0.3) is 0 Å². The van der Waals surface area contributed by atoms with Crippen molar-refractivity contribution >= 4 is 0 Å². The fourth-order valence-corrected chi connectivity index (χ4v) is 2.93. The van der Waals surface area contributed by atoms with E-state index in [-0.39, 0.29) is 17.9 Å². The normalized spacial score (nSPS) is 26.3. The number of likely N-dealkylation sites (N-methyl/N-ethyl adjacent to an activating group) is 2. The van der Waals surface area contributed by atoms with Gasteiger partial charge < -0.3 is 15.3 Å². The minimum absolute atomic E-state index is 0.0226. The molecule has 2 heterocycles. The predicted octanol–water partition coefficient (Wildman–Crippen LogP) is 0.520. The Kier molecular flexibility index (Phi) is 4.19. The number of piperidine rings is 1. The van der Waals surface area contributed by atoms with E-state index in [4.69, 9.17) is 0 Å². The van der Waals surface area contributed by atoms with E-state index in [2.05, 4.69) is 20.5 Å². The van der Waals surface area contributed by atoms with Crippen molar-refractivity contribution in [1.29, 1.82) is 0 Å². The lowest BCUT2D eigenvalue weighted by Gasteiger charge is -2.39. The SMILES string of the molecule is CN[C@H]1CN(C)C[C@@H](n2cc(-c3cccc(F)c3)nn2)[C@@H]1O. The Bertz CT molecular complexity index is 646. The molecule has 1 fully saturated rings. The number of aliphatic hydroxyl groups excluding tert-OH is 1. The third-order valence-electron chi connectivity index (χ3n) is 4.15. The molecule has 0 saturated carbocycles. The highest BCUT2D eigenvalue weighted by molar-refractivity contribution is 5.57. The van der Waals surface area contributed by atoms with E-state index in [0.29, 0.717) is 17.8 Å². The van der Waals surface area contributed by atoms with Crippen molar-refractivity contribution in [3.8, 4) is 11.3 Å². The molecule has 118 valence electrons. The van der Waals surface area contributed by atoms with Crippen molar-refractivity contribution in [2.45, 2.75) is 18.2 Å². The average Bonchev–Trinajstić information content (AvgIpc) is 2.99. The van der Waals surface area contributed by atoms with E-state index in [1.54, 1.807) is 23.0 Å². The summed E-state index contributed by atoms with van der Waals surface area (Å²) in [5.74, 6) is -0.306. The van der Waals surface area contributed by atoms with Gasteiger partial charge >= 0.3 is 0 Å². The van der Waals surface area contributed by atoms with Crippen LogP contribution in [0.5, 0.6) is 0 Å². The molecular formula is C15H20FN5O. The van der Waals surface area contributed by atoms with Crippen LogP contribution in [0.3, 0.4) is 0 Å². The van der Waals surface area contributed by atoms with Crippen molar-refractivity contribution in [2.24, 2.45) is 0 Å². The first-order valence-electron chi connectivity index (χ1n) is 7.30. The predicted molar refractivity (Wildman–Crippen MR) is 80.8 cm³/mol. The van der Waals surface area contributed by atoms with Crippen molar-refractivity contribution in [1.82, 2.24) is 25.2 Å². The molecule has 0 aliphatic carbocycles. The zero-order chi connectivity index (χ0) is 15.7. The summed E-state index contributed by atoms with van der Waals surface area (Å²) in [5.41, 5.74) is 1.27. The number of likely N-dealkylation sites (tertiary alicyclic amines) is 1. The van der Waals surface area contributed by atoms with Crippen LogP contribution < -0.4 is 5.32 Å². The zero-order valence-corrected chi connectivity index (χ0v) is 12.6. The Balaban J connectivity index is 1.86. The van der Waals surface area contributed by atoms with Gasteiger partial charge in [0.15, 0.2) is 0 Å². The number of benzene rings is 1. The van der Waals surface area contributed by atoms with Gasteiger partial charge in [-0.25, -0.2) is 9.07 Å². The van der Waals surface area contributed by atoms with Gasteiger partial charge in [-0.15, -0.1) is 5.10 Å². The van der Waals surface area contributed by atoms with Crippen LogP contribution in [0.25, 0.3) is 11.3 Å². The summed E-state index contributed by atoms with van der Waals surface area (Å²) >= 11 is 0. The van der Waals surface area contributed by atoms with Gasteiger partial charge in [-0.05, 0) is 26.2 Å². The first kappa shape index (κ1) is 15.1. The topological polar surface area (TPSA) is 66.2 Å². The lowest BCUT2D eigenvalue weighted by molar-refractivity contribution is 0.00916. The molecule has 3 atom stereocenters. The monoisotopic (exact) mass is 305 g/mol. The first-order chi connectivity index (χ1) is 10.6. The molecule has 2 N–H and O–H groups in total. The fraction of sp³-hybridized carbons (Fsp3) is 0.467. The summed E-state index contributed by atoms with van der Waals surface area (Å²) in [6.45, 7) is 1.46. The second-order valence-corrected chi connectivity index (χ2v) is 5.77. The molecule has 1 aromatic carbocycles. The second kappa shape index (κ2) is 6.12. The van der Waals surface area contributed by atoms with Crippen LogP contribution in [0.15, 0.2) is 30.5 Å². The van der Waals surface area contributed by atoms with Crippen LogP contribution in [-0.2, 0) is 0 Å². The summed E-state index contributed by atoms with van der Waals surface area (Å²) < 4.78 is 15.0. The molecule has 1 saturated heterocycles. The molecule has 3 rings (SSSR count). The molecule has 1 aliphatic rings. The van der Waals surface area contributed by atoms with Crippen molar-refractivity contribution in [3.05, 3.63) is 36.3 Å². The minimum Gasteiger partial charge on any atom is -0.389 e. The maximum absolute atomic E-state index is 13.3. The number of halogens is 1. The minimum atomic E-state index is -0.553. The van der Waals surface area contributed by atoms with Gasteiger partial charge in [-0.2, -0.15) is 0 Å². The standard InChI is InChI=1S/C15H20FN5O/c1-17-13-7-20(2)9-14(15(13)22)21-8-12(18-19-21)10-4-3-5-11(16)6-10/h3-6,8,13-15,17,22H,7,9H2,1-2H3/t13-,14+,15+/m0/s1. The molecule has 0 amide bonds.